The van der Waals surface area contributed by atoms with E-state index in [-0.39, 0.29) is 18.4 Å². The number of aromatic nitrogens is 1. The Kier molecular flexibility index (Phi) is 5.79. The number of carbonyl (C=O) groups is 1. The van der Waals surface area contributed by atoms with Gasteiger partial charge in [-0.2, -0.15) is 5.26 Å². The van der Waals surface area contributed by atoms with E-state index in [1.165, 1.54) is 0 Å². The van der Waals surface area contributed by atoms with Crippen LogP contribution in [0.4, 0.5) is 0 Å². The molecule has 0 fully saturated rings. The number of hydrogen-bond acceptors (Lipinski definition) is 4. The van der Waals surface area contributed by atoms with Crippen molar-refractivity contribution in [3.63, 3.8) is 0 Å². The van der Waals surface area contributed by atoms with Crippen molar-refractivity contribution in [1.29, 1.82) is 5.26 Å². The molecule has 0 saturated heterocycles. The highest BCUT2D eigenvalue weighted by Gasteiger charge is 2.30. The highest BCUT2D eigenvalue weighted by Crippen LogP contribution is 2.43. The van der Waals surface area contributed by atoms with Crippen molar-refractivity contribution < 1.29 is 19.4 Å². The van der Waals surface area contributed by atoms with Crippen LogP contribution in [0.3, 0.4) is 0 Å². The van der Waals surface area contributed by atoms with Crippen molar-refractivity contribution >= 4 is 28.5 Å². The quantitative estimate of drug-likeness (QED) is 0.526. The number of ether oxygens (including phenoxy) is 2. The molecule has 0 amide bonds. The van der Waals surface area contributed by atoms with E-state index < -0.39 is 5.97 Å². The summed E-state index contributed by atoms with van der Waals surface area (Å²) in [5, 5.41) is 20.0. The van der Waals surface area contributed by atoms with E-state index in [2.05, 4.69) is 10.6 Å². The molecule has 4 rings (SSSR count). The molecule has 0 radical (unpaired) electrons. The van der Waals surface area contributed by atoms with Crippen molar-refractivity contribution in [2.24, 2.45) is 0 Å². The summed E-state index contributed by atoms with van der Waals surface area (Å²) in [6.45, 7) is 4.90. The minimum Gasteiger partial charge on any atom is -0.490 e. The van der Waals surface area contributed by atoms with Crippen molar-refractivity contribution in [3.05, 3.63) is 58.2 Å². The highest BCUT2D eigenvalue weighted by molar-refractivity contribution is 6.36. The maximum absolute atomic E-state index is 11.2. The molecule has 0 aliphatic carbocycles. The monoisotopic (exact) mass is 438 g/mol. The number of carboxylic acid groups (broad SMARTS) is 1. The molecule has 7 heteroatoms. The van der Waals surface area contributed by atoms with Gasteiger partial charge in [0.15, 0.2) is 0 Å². The minimum absolute atomic E-state index is 0.00943. The zero-order valence-electron chi connectivity index (χ0n) is 17.4. The lowest BCUT2D eigenvalue weighted by Crippen LogP contribution is -2.07. The first-order valence-corrected chi connectivity index (χ1v) is 10.6. The van der Waals surface area contributed by atoms with Gasteiger partial charge in [-0.05, 0) is 56.2 Å². The number of aryl methyl sites for hydroxylation is 1. The topological polar surface area (TPSA) is 84.5 Å². The van der Waals surface area contributed by atoms with Crippen LogP contribution in [0.15, 0.2) is 36.4 Å². The van der Waals surface area contributed by atoms with Gasteiger partial charge in [-0.1, -0.05) is 17.7 Å². The molecular formula is C24H23ClN2O4. The van der Waals surface area contributed by atoms with Gasteiger partial charge in [-0.3, -0.25) is 4.79 Å². The molecule has 1 atom stereocenters. The predicted octanol–water partition coefficient (Wildman–Crippen LogP) is 5.49. The second-order valence-electron chi connectivity index (χ2n) is 8.01. The second kappa shape index (κ2) is 8.52. The number of benzene rings is 2. The molecular weight excluding hydrogens is 416 g/mol. The summed E-state index contributed by atoms with van der Waals surface area (Å²) < 4.78 is 13.7. The number of hydrogen-bond donors (Lipinski definition) is 1. The Balaban J connectivity index is 1.55. The van der Waals surface area contributed by atoms with Crippen LogP contribution in [-0.2, 0) is 17.9 Å². The molecule has 6 nitrogen and oxygen atoms in total. The second-order valence-corrected chi connectivity index (χ2v) is 8.39. The summed E-state index contributed by atoms with van der Waals surface area (Å²) >= 11 is 6.65. The molecule has 0 bridgehead atoms. The van der Waals surface area contributed by atoms with E-state index in [4.69, 9.17) is 21.1 Å². The van der Waals surface area contributed by atoms with Crippen molar-refractivity contribution in [1.82, 2.24) is 4.57 Å². The molecule has 1 aromatic heterocycles. The van der Waals surface area contributed by atoms with Crippen molar-refractivity contribution in [3.8, 4) is 17.6 Å². The predicted molar refractivity (Wildman–Crippen MR) is 118 cm³/mol. The Hall–Kier alpha value is -3.17. The fourth-order valence-electron chi connectivity index (χ4n) is 4.15. The average molecular weight is 439 g/mol. The summed E-state index contributed by atoms with van der Waals surface area (Å²) in [5.74, 6) is 0.339. The van der Waals surface area contributed by atoms with Gasteiger partial charge < -0.3 is 19.1 Å². The van der Waals surface area contributed by atoms with Gasteiger partial charge in [0, 0.05) is 23.5 Å². The normalized spacial score (nSPS) is 15.1. The van der Waals surface area contributed by atoms with Gasteiger partial charge in [0.25, 0.3) is 0 Å². The smallest absolute Gasteiger partial charge is 0.304 e. The van der Waals surface area contributed by atoms with Crippen LogP contribution >= 0.6 is 11.6 Å². The molecule has 0 unspecified atom stereocenters. The van der Waals surface area contributed by atoms with Gasteiger partial charge in [0.05, 0.1) is 28.6 Å². The summed E-state index contributed by atoms with van der Waals surface area (Å²) in [6, 6.07) is 13.4. The number of fused-ring (bicyclic) bond motifs is 3. The Morgan fingerprint density at radius 2 is 2.13 bits per heavy atom. The van der Waals surface area contributed by atoms with Gasteiger partial charge in [-0.15, -0.1) is 0 Å². The maximum Gasteiger partial charge on any atom is 0.304 e. The molecule has 160 valence electrons. The molecule has 3 aromatic rings. The van der Waals surface area contributed by atoms with Gasteiger partial charge in [0.2, 0.25) is 0 Å². The molecule has 0 spiro atoms. The fraction of sp³-hybridized carbons (Fsp3) is 0.333. The van der Waals surface area contributed by atoms with Crippen LogP contribution in [-0.4, -0.2) is 21.7 Å². The van der Waals surface area contributed by atoms with E-state index in [1.54, 1.807) is 12.1 Å². The number of nitrogens with zero attached hydrogens (tertiary/aromatic N) is 2. The van der Waals surface area contributed by atoms with E-state index >= 15 is 0 Å². The Morgan fingerprint density at radius 3 is 2.84 bits per heavy atom. The van der Waals surface area contributed by atoms with Gasteiger partial charge in [-0.25, -0.2) is 0 Å². The lowest BCUT2D eigenvalue weighted by molar-refractivity contribution is -0.137. The van der Waals surface area contributed by atoms with Gasteiger partial charge >= 0.3 is 5.97 Å². The first-order valence-electron chi connectivity index (χ1n) is 10.2. The highest BCUT2D eigenvalue weighted by atomic mass is 35.5. The molecule has 2 aromatic carbocycles. The van der Waals surface area contributed by atoms with Crippen LogP contribution in [0.1, 0.15) is 49.4 Å². The Bertz CT molecular complexity index is 1190. The summed E-state index contributed by atoms with van der Waals surface area (Å²) in [6.07, 6.45) is 0.856. The standard InChI is InChI=1S/C24H23ClN2O4/c1-14(2)31-21-6-3-15(9-17(21)12-26)13-30-18-4-5-20-19(11-18)23(25)24-16(10-22(28)29)7-8-27(20)24/h3-6,9,11,14,16H,7-8,10,13H2,1-2H3,(H,28,29)/t16-/m0/s1. The summed E-state index contributed by atoms with van der Waals surface area (Å²) in [7, 11) is 0. The molecule has 31 heavy (non-hydrogen) atoms. The number of halogens is 1. The third kappa shape index (κ3) is 4.19. The Labute approximate surface area is 185 Å². The van der Waals surface area contributed by atoms with E-state index in [9.17, 15) is 15.2 Å². The zero-order valence-corrected chi connectivity index (χ0v) is 18.1. The molecule has 1 aliphatic heterocycles. The number of nitriles is 1. The van der Waals surface area contributed by atoms with Gasteiger partial charge in [0.1, 0.15) is 24.2 Å². The SMILES string of the molecule is CC(C)Oc1ccc(COc2ccc3c(c2)c(Cl)c2n3CC[C@H]2CC(=O)O)cc1C#N. The van der Waals surface area contributed by atoms with Crippen LogP contribution < -0.4 is 9.47 Å². The largest absolute Gasteiger partial charge is 0.490 e. The number of carboxylic acids is 1. The van der Waals surface area contributed by atoms with E-state index in [0.717, 1.165) is 35.1 Å². The first-order chi connectivity index (χ1) is 14.9. The molecule has 1 N–H and O–H groups in total. The Morgan fingerprint density at radius 1 is 1.32 bits per heavy atom. The fourth-order valence-corrected chi connectivity index (χ4v) is 4.56. The number of rotatable bonds is 7. The summed E-state index contributed by atoms with van der Waals surface area (Å²) in [4.78, 5) is 11.2. The molecule has 0 saturated carbocycles. The first kappa shape index (κ1) is 21.1. The van der Waals surface area contributed by atoms with Crippen LogP contribution in [0, 0.1) is 11.3 Å². The van der Waals surface area contributed by atoms with Crippen molar-refractivity contribution in [2.45, 2.75) is 51.9 Å². The third-order valence-electron chi connectivity index (χ3n) is 5.45. The lowest BCUT2D eigenvalue weighted by atomic mass is 10.0. The number of aliphatic carboxylic acids is 1. The van der Waals surface area contributed by atoms with E-state index in [0.29, 0.717) is 28.7 Å². The van der Waals surface area contributed by atoms with E-state index in [1.807, 2.05) is 38.1 Å². The summed E-state index contributed by atoms with van der Waals surface area (Å²) in [5.41, 5.74) is 3.22. The van der Waals surface area contributed by atoms with Crippen LogP contribution in [0.25, 0.3) is 10.9 Å². The molecule has 1 aliphatic rings. The molecule has 2 heterocycles. The minimum atomic E-state index is -0.814. The van der Waals surface area contributed by atoms with Crippen LogP contribution in [0.2, 0.25) is 5.02 Å². The average Bonchev–Trinajstić information content (AvgIpc) is 3.26. The van der Waals surface area contributed by atoms with Crippen LogP contribution in [0.5, 0.6) is 11.5 Å². The lowest BCUT2D eigenvalue weighted by Gasteiger charge is -2.13. The maximum atomic E-state index is 11.2. The third-order valence-corrected chi connectivity index (χ3v) is 5.85. The van der Waals surface area contributed by atoms with Crippen molar-refractivity contribution in [2.75, 3.05) is 0 Å². The zero-order chi connectivity index (χ0) is 22.1.